The molecule has 0 N–H and O–H groups in total. The van der Waals surface area contributed by atoms with Gasteiger partial charge >= 0.3 is 0 Å². The van der Waals surface area contributed by atoms with Gasteiger partial charge in [-0.1, -0.05) is 0 Å². The van der Waals surface area contributed by atoms with Gasteiger partial charge in [0.15, 0.2) is 0 Å². The Hall–Kier alpha value is -2.01. The molecule has 6 saturated heterocycles. The highest BCUT2D eigenvalue weighted by atomic mass is 16.9. The molecule has 0 spiro atoms. The van der Waals surface area contributed by atoms with Crippen LogP contribution in [0.1, 0.15) is 43.0 Å². The van der Waals surface area contributed by atoms with Crippen molar-refractivity contribution in [3.63, 3.8) is 0 Å². The lowest BCUT2D eigenvalue weighted by molar-refractivity contribution is -0.463. The van der Waals surface area contributed by atoms with Gasteiger partial charge in [0.2, 0.25) is 0 Å². The Morgan fingerprint density at radius 1 is 0.579 bits per heavy atom. The van der Waals surface area contributed by atoms with Crippen molar-refractivity contribution in [2.75, 3.05) is 52.9 Å². The summed E-state index contributed by atoms with van der Waals surface area (Å²) in [6.45, 7) is 11.5. The van der Waals surface area contributed by atoms with E-state index in [1.807, 2.05) is 13.8 Å². The summed E-state index contributed by atoms with van der Waals surface area (Å²) in [7, 11) is 0. The van der Waals surface area contributed by atoms with E-state index in [9.17, 15) is 0 Å². The van der Waals surface area contributed by atoms with E-state index < -0.39 is 11.9 Å². The molecule has 0 unspecified atom stereocenters. The molecule has 6 fully saturated rings. The first-order valence-corrected chi connectivity index (χ1v) is 13.3. The first kappa shape index (κ1) is 26.2. The molecule has 8 nitrogen and oxygen atoms in total. The van der Waals surface area contributed by atoms with E-state index in [4.69, 9.17) is 37.9 Å². The highest BCUT2D eigenvalue weighted by Gasteiger charge is 2.51. The number of benzene rings is 2. The van der Waals surface area contributed by atoms with E-state index in [-0.39, 0.29) is 10.8 Å². The Morgan fingerprint density at radius 3 is 1.21 bits per heavy atom. The van der Waals surface area contributed by atoms with Gasteiger partial charge in [-0.2, -0.15) is 0 Å². The van der Waals surface area contributed by atoms with E-state index in [0.29, 0.717) is 66.1 Å². The predicted octanol–water partition coefficient (Wildman–Crippen LogP) is 4.18. The molecule has 0 atom stereocenters. The number of rotatable bonds is 10. The minimum atomic E-state index is -0.881. The Bertz CT molecular complexity index is 962. The van der Waals surface area contributed by atoms with Crippen LogP contribution in [0.4, 0.5) is 0 Å². The van der Waals surface area contributed by atoms with Gasteiger partial charge in [0.1, 0.15) is 0 Å². The maximum atomic E-state index is 6.02. The Labute approximate surface area is 224 Å². The van der Waals surface area contributed by atoms with Crippen LogP contribution in [-0.2, 0) is 51.1 Å². The fourth-order valence-electron chi connectivity index (χ4n) is 5.09. The number of ether oxygens (including phenoxy) is 8. The summed E-state index contributed by atoms with van der Waals surface area (Å²) in [6, 6.07) is 17.1. The zero-order valence-electron chi connectivity index (χ0n) is 22.5. The lowest BCUT2D eigenvalue weighted by Gasteiger charge is -2.50. The van der Waals surface area contributed by atoms with Crippen LogP contribution in [0, 0.1) is 16.7 Å². The average Bonchev–Trinajstić information content (AvgIpc) is 2.95. The largest absolute Gasteiger partial charge is 0.376 e. The van der Waals surface area contributed by atoms with Crippen molar-refractivity contribution in [3.8, 4) is 0 Å². The van der Waals surface area contributed by atoms with Crippen molar-refractivity contribution in [1.82, 2.24) is 0 Å². The van der Waals surface area contributed by atoms with Gasteiger partial charge < -0.3 is 37.9 Å². The zero-order chi connectivity index (χ0) is 26.3. The lowest BCUT2D eigenvalue weighted by atomic mass is 9.90. The third kappa shape index (κ3) is 5.50. The van der Waals surface area contributed by atoms with Crippen LogP contribution in [0.25, 0.3) is 0 Å². The maximum absolute atomic E-state index is 6.02. The summed E-state index contributed by atoms with van der Waals surface area (Å²) < 4.78 is 46.1. The molecule has 8 heteroatoms. The molecular formula is C30H37O8+. The summed E-state index contributed by atoms with van der Waals surface area (Å²) in [5.41, 5.74) is 4.20. The fraction of sp³-hybridized carbons (Fsp3) is 0.567. The van der Waals surface area contributed by atoms with Crippen molar-refractivity contribution in [3.05, 3.63) is 76.7 Å². The molecule has 204 valence electrons. The normalized spacial score (nSPS) is 34.0. The molecule has 8 rings (SSSR count). The molecule has 0 saturated carbocycles. The van der Waals surface area contributed by atoms with Crippen LogP contribution in [0.2, 0.25) is 0 Å². The zero-order valence-corrected chi connectivity index (χ0v) is 22.5. The average molecular weight is 526 g/mol. The molecule has 2 aromatic rings. The second-order valence-corrected chi connectivity index (χ2v) is 11.5. The van der Waals surface area contributed by atoms with Crippen molar-refractivity contribution in [2.24, 2.45) is 10.8 Å². The number of hydrogen-bond acceptors (Lipinski definition) is 8. The van der Waals surface area contributed by atoms with Gasteiger partial charge in [0, 0.05) is 44.0 Å². The van der Waals surface area contributed by atoms with Gasteiger partial charge in [-0.15, -0.1) is 0 Å². The first-order valence-electron chi connectivity index (χ1n) is 13.3. The second kappa shape index (κ2) is 10.2. The predicted molar refractivity (Wildman–Crippen MR) is 137 cm³/mol. The van der Waals surface area contributed by atoms with Gasteiger partial charge in [0.25, 0.3) is 11.9 Å². The molecular weight excluding hydrogens is 488 g/mol. The Balaban J connectivity index is 0.958. The highest BCUT2D eigenvalue weighted by molar-refractivity contribution is 5.45. The Morgan fingerprint density at radius 2 is 0.895 bits per heavy atom. The van der Waals surface area contributed by atoms with Gasteiger partial charge in [-0.05, 0) is 42.3 Å². The van der Waals surface area contributed by atoms with Gasteiger partial charge in [0.05, 0.1) is 88.0 Å². The molecule has 38 heavy (non-hydrogen) atoms. The summed E-state index contributed by atoms with van der Waals surface area (Å²) in [5.74, 6) is -0.538. The van der Waals surface area contributed by atoms with Crippen LogP contribution >= 0.6 is 0 Å². The second-order valence-electron chi connectivity index (χ2n) is 11.5. The van der Waals surface area contributed by atoms with Crippen LogP contribution in [0.5, 0.6) is 0 Å². The van der Waals surface area contributed by atoms with Crippen molar-refractivity contribution in [1.29, 1.82) is 0 Å². The first-order chi connectivity index (χ1) is 18.3. The van der Waals surface area contributed by atoms with E-state index in [1.54, 1.807) is 0 Å². The monoisotopic (exact) mass is 525 g/mol. The molecule has 0 amide bonds. The van der Waals surface area contributed by atoms with Crippen LogP contribution in [0.3, 0.4) is 0 Å². The fourth-order valence-corrected chi connectivity index (χ4v) is 5.09. The van der Waals surface area contributed by atoms with E-state index >= 15 is 0 Å². The molecule has 0 aliphatic carbocycles. The van der Waals surface area contributed by atoms with Crippen LogP contribution < -0.4 is 0 Å². The summed E-state index contributed by atoms with van der Waals surface area (Å²) >= 11 is 0. The highest BCUT2D eigenvalue weighted by Crippen LogP contribution is 2.39. The van der Waals surface area contributed by atoms with Crippen molar-refractivity contribution >= 4 is 0 Å². The number of hydrogen-bond donors (Lipinski definition) is 0. The molecule has 2 aromatic carbocycles. The topological polar surface area (TPSA) is 73.8 Å². The minimum absolute atomic E-state index is 0.218. The molecule has 0 aromatic heterocycles. The summed E-state index contributed by atoms with van der Waals surface area (Å²) in [4.78, 5) is 0. The number of fused-ring (bicyclic) bond motifs is 6. The van der Waals surface area contributed by atoms with E-state index in [0.717, 1.165) is 11.1 Å². The van der Waals surface area contributed by atoms with Gasteiger partial charge in [-0.25, -0.2) is 0 Å². The molecule has 6 aliphatic rings. The van der Waals surface area contributed by atoms with Crippen molar-refractivity contribution < 1.29 is 37.9 Å². The third-order valence-electron chi connectivity index (χ3n) is 7.97. The van der Waals surface area contributed by atoms with Gasteiger partial charge in [-0.3, -0.25) is 0 Å². The molecule has 6 heterocycles. The lowest BCUT2D eigenvalue weighted by Crippen LogP contribution is -2.60. The maximum Gasteiger partial charge on any atom is 0.279 e. The minimum Gasteiger partial charge on any atom is -0.376 e. The van der Waals surface area contributed by atoms with Crippen molar-refractivity contribution in [2.45, 2.75) is 45.9 Å². The Kier molecular flexibility index (Phi) is 7.03. The molecule has 4 bridgehead atoms. The smallest absolute Gasteiger partial charge is 0.279 e. The molecule has 6 aliphatic heterocycles. The van der Waals surface area contributed by atoms with E-state index in [2.05, 4.69) is 55.5 Å². The van der Waals surface area contributed by atoms with E-state index in [1.165, 1.54) is 17.0 Å². The summed E-state index contributed by atoms with van der Waals surface area (Å²) in [6.07, 6.45) is 0. The quantitative estimate of drug-likeness (QED) is 0.428. The summed E-state index contributed by atoms with van der Waals surface area (Å²) in [5, 5.41) is 0. The standard InChI is InChI=1S/C30H37O8/c1-22(25-8-4-23(5-9-25)12-31-14-29-16-33-27(2,34-17-29)35-18-29)26-10-6-24(7-11-26)13-32-15-30-19-36-28(3,37-20-30)38-21-30/h4-11H,12-21H2,1-3H3/q+1. The molecule has 0 radical (unpaired) electrons. The van der Waals surface area contributed by atoms with Crippen LogP contribution in [-0.4, -0.2) is 64.8 Å². The SMILES string of the molecule is C[C+](c1ccc(COCC23COC(C)(OC2)OC3)cc1)c1ccc(COCC23COC(C)(OC2)OC3)cc1. The van der Waals surface area contributed by atoms with Crippen LogP contribution in [0.15, 0.2) is 48.5 Å². The third-order valence-corrected chi connectivity index (χ3v) is 7.97.